The number of carbonyl (C=O) groups is 2. The van der Waals surface area contributed by atoms with Crippen LogP contribution < -0.4 is 10.1 Å². The minimum absolute atomic E-state index is 0.276. The number of hydrogen-bond acceptors (Lipinski definition) is 4. The molecule has 0 spiro atoms. The van der Waals surface area contributed by atoms with Gasteiger partial charge in [-0.1, -0.05) is 55.8 Å². The van der Waals surface area contributed by atoms with E-state index >= 15 is 0 Å². The van der Waals surface area contributed by atoms with Crippen LogP contribution in [0.25, 0.3) is 0 Å². The highest BCUT2D eigenvalue weighted by Gasteiger charge is 2.18. The van der Waals surface area contributed by atoms with Gasteiger partial charge in [0.1, 0.15) is 5.75 Å². The summed E-state index contributed by atoms with van der Waals surface area (Å²) in [5.74, 6) is 0.0685. The molecule has 0 saturated heterocycles. The Labute approximate surface area is 154 Å². The molecule has 1 amide bonds. The van der Waals surface area contributed by atoms with E-state index in [0.29, 0.717) is 6.42 Å². The van der Waals surface area contributed by atoms with Crippen molar-refractivity contribution in [2.45, 2.75) is 32.2 Å². The molecule has 26 heavy (non-hydrogen) atoms. The molecular formula is C21H25NO4. The lowest BCUT2D eigenvalue weighted by Crippen LogP contribution is -2.33. The number of esters is 1. The molecule has 0 radical (unpaired) electrons. The first kappa shape index (κ1) is 19.5. The normalized spacial score (nSPS) is 11.5. The highest BCUT2D eigenvalue weighted by molar-refractivity contribution is 5.81. The highest BCUT2D eigenvalue weighted by Crippen LogP contribution is 2.24. The number of amides is 1. The molecule has 0 aromatic heterocycles. The third-order valence-corrected chi connectivity index (χ3v) is 3.99. The molecule has 0 aliphatic carbocycles. The third kappa shape index (κ3) is 5.92. The Morgan fingerprint density at radius 2 is 1.65 bits per heavy atom. The Bertz CT molecular complexity index is 698. The Morgan fingerprint density at radius 3 is 2.27 bits per heavy atom. The molecular weight excluding hydrogens is 330 g/mol. The van der Waals surface area contributed by atoms with Gasteiger partial charge in [0, 0.05) is 6.42 Å². The van der Waals surface area contributed by atoms with Gasteiger partial charge in [-0.2, -0.15) is 0 Å². The lowest BCUT2D eigenvalue weighted by molar-refractivity contribution is -0.148. The molecule has 0 aliphatic rings. The maximum Gasteiger partial charge on any atom is 0.306 e. The quantitative estimate of drug-likeness (QED) is 0.698. The smallest absolute Gasteiger partial charge is 0.306 e. The van der Waals surface area contributed by atoms with Gasteiger partial charge in [-0.15, -0.1) is 0 Å². The fraction of sp³-hybridized carbons (Fsp3) is 0.333. The van der Waals surface area contributed by atoms with Gasteiger partial charge >= 0.3 is 5.97 Å². The zero-order valence-corrected chi connectivity index (χ0v) is 15.2. The fourth-order valence-electron chi connectivity index (χ4n) is 2.54. The molecule has 1 N–H and O–H groups in total. The van der Waals surface area contributed by atoms with Gasteiger partial charge in [0.05, 0.1) is 13.2 Å². The largest absolute Gasteiger partial charge is 0.497 e. The second-order valence-electron chi connectivity index (χ2n) is 5.95. The maximum atomic E-state index is 12.3. The predicted octanol–water partition coefficient (Wildman–Crippen LogP) is 3.63. The molecule has 5 heteroatoms. The van der Waals surface area contributed by atoms with Crippen molar-refractivity contribution in [1.82, 2.24) is 5.32 Å². The number of benzene rings is 2. The van der Waals surface area contributed by atoms with E-state index in [0.717, 1.165) is 29.7 Å². The summed E-state index contributed by atoms with van der Waals surface area (Å²) in [5, 5.41) is 2.94. The number of unbranched alkanes of at least 4 members (excludes halogenated alkanes) is 1. The Kier molecular flexibility index (Phi) is 7.68. The average molecular weight is 355 g/mol. The van der Waals surface area contributed by atoms with Crippen LogP contribution in [0.3, 0.4) is 0 Å². The van der Waals surface area contributed by atoms with Crippen LogP contribution in [-0.2, 0) is 14.3 Å². The summed E-state index contributed by atoms with van der Waals surface area (Å²) in [6, 6.07) is 16.8. The second-order valence-corrected chi connectivity index (χ2v) is 5.95. The van der Waals surface area contributed by atoms with Crippen molar-refractivity contribution >= 4 is 11.9 Å². The molecule has 2 aromatic rings. The second kappa shape index (κ2) is 10.2. The van der Waals surface area contributed by atoms with E-state index < -0.39 is 0 Å². The van der Waals surface area contributed by atoms with Crippen LogP contribution in [0.2, 0.25) is 0 Å². The van der Waals surface area contributed by atoms with Crippen LogP contribution in [0.1, 0.15) is 43.4 Å². The number of nitrogens with one attached hydrogen (secondary N) is 1. The van der Waals surface area contributed by atoms with Crippen LogP contribution in [0.15, 0.2) is 54.6 Å². The molecule has 2 aromatic carbocycles. The van der Waals surface area contributed by atoms with E-state index in [1.807, 2.05) is 61.5 Å². The number of hydrogen-bond donors (Lipinski definition) is 1. The van der Waals surface area contributed by atoms with Gasteiger partial charge in [0.25, 0.3) is 5.91 Å². The van der Waals surface area contributed by atoms with Gasteiger partial charge in [-0.05, 0) is 29.7 Å². The lowest BCUT2D eigenvalue weighted by atomic mass is 9.98. The van der Waals surface area contributed by atoms with Crippen LogP contribution >= 0.6 is 0 Å². The van der Waals surface area contributed by atoms with Crippen molar-refractivity contribution in [2.75, 3.05) is 13.7 Å². The molecule has 0 fully saturated rings. The summed E-state index contributed by atoms with van der Waals surface area (Å²) in [5.41, 5.74) is 1.87. The Balaban J connectivity index is 2.07. The van der Waals surface area contributed by atoms with E-state index in [-0.39, 0.29) is 24.5 Å². The van der Waals surface area contributed by atoms with E-state index in [1.165, 1.54) is 0 Å². The average Bonchev–Trinajstić information content (AvgIpc) is 2.69. The minimum atomic E-state index is -0.345. The standard InChI is InChI=1S/C21H25NO4/c1-3-4-10-20(24)26-15-19(23)22-21(16-8-6-5-7-9-16)17-11-13-18(25-2)14-12-17/h5-9,11-14,21H,3-4,10,15H2,1-2H3,(H,22,23)/t21-/m1/s1. The van der Waals surface area contributed by atoms with Gasteiger partial charge in [0.15, 0.2) is 6.61 Å². The predicted molar refractivity (Wildman–Crippen MR) is 99.9 cm³/mol. The summed E-state index contributed by atoms with van der Waals surface area (Å²) in [7, 11) is 1.61. The molecule has 0 aliphatic heterocycles. The lowest BCUT2D eigenvalue weighted by Gasteiger charge is -2.20. The summed E-state index contributed by atoms with van der Waals surface area (Å²) in [6.07, 6.45) is 2.01. The van der Waals surface area contributed by atoms with E-state index in [4.69, 9.17) is 9.47 Å². The van der Waals surface area contributed by atoms with Crippen LogP contribution in [0.4, 0.5) is 0 Å². The first-order valence-electron chi connectivity index (χ1n) is 8.78. The molecule has 0 heterocycles. The van der Waals surface area contributed by atoms with Crippen molar-refractivity contribution in [2.24, 2.45) is 0 Å². The summed E-state index contributed by atoms with van der Waals surface area (Å²) in [6.45, 7) is 1.72. The SMILES string of the molecule is CCCCC(=O)OCC(=O)N[C@H](c1ccccc1)c1ccc(OC)cc1. The van der Waals surface area contributed by atoms with Crippen molar-refractivity contribution in [3.05, 3.63) is 65.7 Å². The first-order valence-corrected chi connectivity index (χ1v) is 8.78. The summed E-state index contributed by atoms with van der Waals surface area (Å²) >= 11 is 0. The van der Waals surface area contributed by atoms with Crippen LogP contribution in [0.5, 0.6) is 5.75 Å². The molecule has 0 saturated carbocycles. The fourth-order valence-corrected chi connectivity index (χ4v) is 2.54. The molecule has 0 bridgehead atoms. The molecule has 5 nitrogen and oxygen atoms in total. The molecule has 138 valence electrons. The Morgan fingerprint density at radius 1 is 1.00 bits per heavy atom. The zero-order chi connectivity index (χ0) is 18.8. The van der Waals surface area contributed by atoms with Gasteiger partial charge < -0.3 is 14.8 Å². The van der Waals surface area contributed by atoms with Crippen molar-refractivity contribution < 1.29 is 19.1 Å². The first-order chi connectivity index (χ1) is 12.6. The number of methoxy groups -OCH3 is 1. The van der Waals surface area contributed by atoms with Crippen LogP contribution in [-0.4, -0.2) is 25.6 Å². The molecule has 0 unspecified atom stereocenters. The topological polar surface area (TPSA) is 64.6 Å². The maximum absolute atomic E-state index is 12.3. The highest BCUT2D eigenvalue weighted by atomic mass is 16.5. The minimum Gasteiger partial charge on any atom is -0.497 e. The number of carbonyl (C=O) groups excluding carboxylic acids is 2. The van der Waals surface area contributed by atoms with Crippen molar-refractivity contribution in [3.63, 3.8) is 0 Å². The third-order valence-electron chi connectivity index (χ3n) is 3.99. The van der Waals surface area contributed by atoms with E-state index in [9.17, 15) is 9.59 Å². The monoisotopic (exact) mass is 355 g/mol. The number of ether oxygens (including phenoxy) is 2. The zero-order valence-electron chi connectivity index (χ0n) is 15.2. The van der Waals surface area contributed by atoms with Crippen molar-refractivity contribution in [1.29, 1.82) is 0 Å². The van der Waals surface area contributed by atoms with Crippen molar-refractivity contribution in [3.8, 4) is 5.75 Å². The summed E-state index contributed by atoms with van der Waals surface area (Å²) < 4.78 is 10.2. The van der Waals surface area contributed by atoms with E-state index in [2.05, 4.69) is 5.32 Å². The van der Waals surface area contributed by atoms with Gasteiger partial charge in [-0.25, -0.2) is 0 Å². The summed E-state index contributed by atoms with van der Waals surface area (Å²) in [4.78, 5) is 23.9. The number of rotatable bonds is 9. The van der Waals surface area contributed by atoms with Crippen LogP contribution in [0, 0.1) is 0 Å². The molecule has 2 rings (SSSR count). The Hall–Kier alpha value is -2.82. The van der Waals surface area contributed by atoms with E-state index in [1.54, 1.807) is 7.11 Å². The molecule has 1 atom stereocenters. The van der Waals surface area contributed by atoms with Gasteiger partial charge in [-0.3, -0.25) is 9.59 Å². The van der Waals surface area contributed by atoms with Gasteiger partial charge in [0.2, 0.25) is 0 Å².